The number of benzene rings is 11. The van der Waals surface area contributed by atoms with Gasteiger partial charge in [0.2, 0.25) is 0 Å². The van der Waals surface area contributed by atoms with E-state index >= 15 is 0 Å². The van der Waals surface area contributed by atoms with Crippen LogP contribution in [0.2, 0.25) is 0 Å². The first-order chi connectivity index (χ1) is 32.8. The van der Waals surface area contributed by atoms with Crippen LogP contribution in [0.5, 0.6) is 0 Å². The number of hydrogen-bond acceptors (Lipinski definition) is 2. The normalized spacial score (nSPS) is 13.2. The first-order valence-corrected chi connectivity index (χ1v) is 23.6. The van der Waals surface area contributed by atoms with Gasteiger partial charge in [0.25, 0.3) is 0 Å². The minimum atomic E-state index is -0.457. The molecule has 0 amide bonds. The monoisotopic (exact) mass is 853 g/mol. The summed E-state index contributed by atoms with van der Waals surface area (Å²) < 4.78 is 0. The summed E-state index contributed by atoms with van der Waals surface area (Å²) >= 11 is 1.89. The van der Waals surface area contributed by atoms with Crippen molar-refractivity contribution >= 4 is 55.0 Å². The van der Waals surface area contributed by atoms with E-state index in [2.05, 4.69) is 237 Å². The van der Waals surface area contributed by atoms with Gasteiger partial charge in [-0.2, -0.15) is 0 Å². The summed E-state index contributed by atoms with van der Waals surface area (Å²) in [5, 5.41) is 8.54. The van der Waals surface area contributed by atoms with Crippen LogP contribution < -0.4 is 0 Å². The van der Waals surface area contributed by atoms with Gasteiger partial charge in [-0.15, -0.1) is 0 Å². The predicted octanol–water partition coefficient (Wildman–Crippen LogP) is 17.2. The Morgan fingerprint density at radius 3 is 1.48 bits per heavy atom. The van der Waals surface area contributed by atoms with Crippen LogP contribution in [-0.2, 0) is 5.41 Å². The number of hydrogen-bond donors (Lipinski definition) is 0. The maximum absolute atomic E-state index is 5.57. The smallest absolute Gasteiger partial charge is 0.0788 e. The summed E-state index contributed by atoms with van der Waals surface area (Å²) in [5.41, 5.74) is 17.9. The van der Waals surface area contributed by atoms with Crippen molar-refractivity contribution in [1.29, 1.82) is 0 Å². The van der Waals surface area contributed by atoms with Gasteiger partial charge in [-0.05, 0) is 113 Å². The van der Waals surface area contributed by atoms with Crippen molar-refractivity contribution in [1.82, 2.24) is 4.98 Å². The van der Waals surface area contributed by atoms with Crippen LogP contribution in [0.3, 0.4) is 0 Å². The largest absolute Gasteiger partial charge is 0.247 e. The van der Waals surface area contributed by atoms with Crippen molar-refractivity contribution in [3.63, 3.8) is 0 Å². The first kappa shape index (κ1) is 37.3. The minimum absolute atomic E-state index is 0.457. The third kappa shape index (κ3) is 5.28. The maximum Gasteiger partial charge on any atom is 0.0788 e. The maximum atomic E-state index is 5.57. The SMILES string of the molecule is c1ccc(-c2ccc(-c3c4ccccc4c(-c4cccc(-c5nc6ccccc6c6c7c(ccc56)C5(c6ccccc6Sc6ccccc65)c5ccccc5-7)c4)c4ccccc34)cc2)cc1. The fraction of sp³-hybridized carbons (Fsp3) is 0.0156. The zero-order valence-corrected chi connectivity index (χ0v) is 36.7. The number of fused-ring (bicyclic) bond motifs is 15. The Balaban J connectivity index is 1.00. The lowest BCUT2D eigenvalue weighted by Crippen LogP contribution is -2.31. The molecule has 0 bridgehead atoms. The van der Waals surface area contributed by atoms with Gasteiger partial charge < -0.3 is 0 Å². The molecule has 11 aromatic carbocycles. The van der Waals surface area contributed by atoms with Crippen LogP contribution in [0.1, 0.15) is 22.3 Å². The molecule has 306 valence electrons. The Labute approximate surface area is 387 Å². The molecule has 0 radical (unpaired) electrons. The molecule has 0 atom stereocenters. The van der Waals surface area contributed by atoms with Gasteiger partial charge >= 0.3 is 0 Å². The molecule has 2 aliphatic rings. The molecule has 14 rings (SSSR count). The first-order valence-electron chi connectivity index (χ1n) is 22.8. The molecule has 2 heteroatoms. The Morgan fingerprint density at radius 1 is 0.303 bits per heavy atom. The Hall–Kier alpha value is -8.04. The Kier molecular flexibility index (Phi) is 8.20. The molecule has 1 nitrogen and oxygen atoms in total. The Morgan fingerprint density at radius 2 is 0.803 bits per heavy atom. The lowest BCUT2D eigenvalue weighted by Gasteiger charge is -2.39. The van der Waals surface area contributed by atoms with Gasteiger partial charge in [0.05, 0.1) is 16.6 Å². The standard InChI is InChI=1S/C64H39NS/c1-2-17-40(18-3-1)41-33-35-42(36-34-41)59-45-21-4-6-23-47(45)60(48-24-7-5-22-46(48)59)43-19-16-20-44(39-43)63-51-37-38-55-62(61(51)50-26-9-13-30-56(50)65-63)49-25-8-10-27-52(49)64(55)53-28-11-14-31-57(53)66-58-32-15-12-29-54(58)64/h1-39H. The number of nitrogens with zero attached hydrogens (tertiary/aromatic N) is 1. The van der Waals surface area contributed by atoms with E-state index in [4.69, 9.17) is 4.98 Å². The van der Waals surface area contributed by atoms with Crippen LogP contribution >= 0.6 is 11.8 Å². The van der Waals surface area contributed by atoms with Crippen LogP contribution in [0.15, 0.2) is 246 Å². The molecule has 66 heavy (non-hydrogen) atoms. The van der Waals surface area contributed by atoms with Gasteiger partial charge in [0, 0.05) is 31.5 Å². The number of pyridine rings is 1. The minimum Gasteiger partial charge on any atom is -0.247 e. The number of para-hydroxylation sites is 1. The van der Waals surface area contributed by atoms with Crippen LogP contribution in [-0.4, -0.2) is 4.98 Å². The highest BCUT2D eigenvalue weighted by Gasteiger charge is 2.50. The van der Waals surface area contributed by atoms with Crippen molar-refractivity contribution in [2.24, 2.45) is 0 Å². The van der Waals surface area contributed by atoms with Crippen molar-refractivity contribution in [2.75, 3.05) is 0 Å². The summed E-state index contributed by atoms with van der Waals surface area (Å²) in [6, 6.07) is 87.5. The highest BCUT2D eigenvalue weighted by Crippen LogP contribution is 2.63. The zero-order valence-electron chi connectivity index (χ0n) is 35.9. The lowest BCUT2D eigenvalue weighted by atomic mass is 9.67. The topological polar surface area (TPSA) is 12.9 Å². The molecule has 0 fully saturated rings. The number of aromatic nitrogens is 1. The van der Waals surface area contributed by atoms with Crippen molar-refractivity contribution in [3.8, 4) is 55.8 Å². The van der Waals surface area contributed by atoms with E-state index in [-0.39, 0.29) is 0 Å². The Bertz CT molecular complexity index is 3860. The lowest BCUT2D eigenvalue weighted by molar-refractivity contribution is 0.723. The van der Waals surface area contributed by atoms with E-state index < -0.39 is 5.41 Å². The van der Waals surface area contributed by atoms with Gasteiger partial charge in [-0.1, -0.05) is 224 Å². The molecule has 1 aliphatic carbocycles. The molecule has 1 aliphatic heterocycles. The molecular formula is C64H39NS. The second-order valence-electron chi connectivity index (χ2n) is 17.6. The van der Waals surface area contributed by atoms with E-state index in [1.807, 2.05) is 11.8 Å². The second-order valence-corrected chi connectivity index (χ2v) is 18.7. The average Bonchev–Trinajstić information content (AvgIpc) is 3.68. The number of rotatable bonds is 4. The highest BCUT2D eigenvalue weighted by molar-refractivity contribution is 7.99. The van der Waals surface area contributed by atoms with Crippen LogP contribution in [0.25, 0.3) is 99.0 Å². The summed E-state index contributed by atoms with van der Waals surface area (Å²) in [6.45, 7) is 0. The van der Waals surface area contributed by atoms with Crippen LogP contribution in [0.4, 0.5) is 0 Å². The summed E-state index contributed by atoms with van der Waals surface area (Å²) in [6.07, 6.45) is 0. The molecule has 0 saturated heterocycles. The van der Waals surface area contributed by atoms with Gasteiger partial charge in [-0.3, -0.25) is 0 Å². The van der Waals surface area contributed by atoms with E-state index in [1.165, 1.54) is 109 Å². The quantitative estimate of drug-likeness (QED) is 0.129. The van der Waals surface area contributed by atoms with E-state index in [0.29, 0.717) is 0 Å². The fourth-order valence-electron chi connectivity index (χ4n) is 11.6. The zero-order chi connectivity index (χ0) is 43.3. The van der Waals surface area contributed by atoms with E-state index in [1.54, 1.807) is 0 Å². The molecule has 0 saturated carbocycles. The highest BCUT2D eigenvalue weighted by atomic mass is 32.2. The molecular weight excluding hydrogens is 815 g/mol. The fourth-order valence-corrected chi connectivity index (χ4v) is 12.8. The summed E-state index contributed by atoms with van der Waals surface area (Å²) in [7, 11) is 0. The predicted molar refractivity (Wildman–Crippen MR) is 277 cm³/mol. The molecule has 2 heterocycles. The third-order valence-electron chi connectivity index (χ3n) is 14.3. The van der Waals surface area contributed by atoms with E-state index in [0.717, 1.165) is 22.2 Å². The second kappa shape index (κ2) is 14.5. The van der Waals surface area contributed by atoms with Crippen molar-refractivity contribution < 1.29 is 0 Å². The van der Waals surface area contributed by atoms with Crippen molar-refractivity contribution in [2.45, 2.75) is 15.2 Å². The van der Waals surface area contributed by atoms with Gasteiger partial charge in [-0.25, -0.2) is 4.98 Å². The van der Waals surface area contributed by atoms with E-state index in [9.17, 15) is 0 Å². The molecule has 12 aromatic rings. The van der Waals surface area contributed by atoms with Gasteiger partial charge in [0.1, 0.15) is 0 Å². The summed E-state index contributed by atoms with van der Waals surface area (Å²) in [4.78, 5) is 8.19. The van der Waals surface area contributed by atoms with Crippen LogP contribution in [0, 0.1) is 0 Å². The molecule has 1 aromatic heterocycles. The molecule has 0 N–H and O–H groups in total. The van der Waals surface area contributed by atoms with Gasteiger partial charge in [0.15, 0.2) is 0 Å². The van der Waals surface area contributed by atoms with Crippen molar-refractivity contribution in [3.05, 3.63) is 259 Å². The third-order valence-corrected chi connectivity index (χ3v) is 15.5. The molecule has 1 spiro atoms. The average molecular weight is 854 g/mol. The summed E-state index contributed by atoms with van der Waals surface area (Å²) in [5.74, 6) is 0. The molecule has 0 unspecified atom stereocenters.